The van der Waals surface area contributed by atoms with E-state index in [9.17, 15) is 24.3 Å². The van der Waals surface area contributed by atoms with Crippen LogP contribution in [0.25, 0.3) is 0 Å². The molecule has 8 nitrogen and oxygen atoms in total. The summed E-state index contributed by atoms with van der Waals surface area (Å²) in [6, 6.07) is 0. The molecule has 376 valence electrons. The number of carbonyl (C=O) groups is 4. The van der Waals surface area contributed by atoms with Crippen LogP contribution in [-0.4, -0.2) is 50.2 Å². The van der Waals surface area contributed by atoms with Crippen molar-refractivity contribution in [2.24, 2.45) is 0 Å². The summed E-state index contributed by atoms with van der Waals surface area (Å²) in [5, 5.41) is 35.1. The lowest BCUT2D eigenvalue weighted by Gasteiger charge is -1.98. The normalized spacial score (nSPS) is 13.2. The molecule has 0 fully saturated rings. The van der Waals surface area contributed by atoms with Gasteiger partial charge in [0.15, 0.2) is 5.78 Å². The van der Waals surface area contributed by atoms with Gasteiger partial charge < -0.3 is 20.4 Å². The average Bonchev–Trinajstić information content (AvgIpc) is 3.30. The third-order valence-electron chi connectivity index (χ3n) is 8.81. The molecule has 0 rings (SSSR count). The highest BCUT2D eigenvalue weighted by Gasteiger charge is 1.95. The number of aliphatic carboxylic acids is 3. The molecule has 68 heavy (non-hydrogen) atoms. The van der Waals surface area contributed by atoms with Crippen molar-refractivity contribution in [2.45, 2.75) is 168 Å². The van der Waals surface area contributed by atoms with Gasteiger partial charge in [0.25, 0.3) is 0 Å². The number of aliphatic hydroxyl groups excluding tert-OH is 1. The SMILES string of the molecule is CC/C=C\C/C=C\C/C=C\C/C=C\C/C=C\CCCC(=O)O.CC/C=C\CC(=O)/C=C/C=C\C/C=C\C/C=C\CCCC(=O)O.CC/C=C\C[C@H](O)/C=C/C=C\C/C=C\C/C=C\CCCC(=O)O. The van der Waals surface area contributed by atoms with Gasteiger partial charge in [-0.3, -0.25) is 19.2 Å². The highest BCUT2D eigenvalue weighted by molar-refractivity contribution is 5.90. The van der Waals surface area contributed by atoms with Crippen molar-refractivity contribution in [1.82, 2.24) is 0 Å². The molecule has 0 aliphatic carbocycles. The lowest BCUT2D eigenvalue weighted by Crippen LogP contribution is -1.98. The molecule has 0 saturated heterocycles. The quantitative estimate of drug-likeness (QED) is 0.0206. The first-order valence-corrected chi connectivity index (χ1v) is 24.8. The van der Waals surface area contributed by atoms with Crippen LogP contribution < -0.4 is 0 Å². The van der Waals surface area contributed by atoms with Crippen molar-refractivity contribution < 1.29 is 39.6 Å². The number of hydrogen-bond donors (Lipinski definition) is 4. The van der Waals surface area contributed by atoms with E-state index in [2.05, 4.69) is 111 Å². The number of aliphatic hydroxyl groups is 1. The number of allylic oxidation sites excluding steroid dienone is 28. The van der Waals surface area contributed by atoms with Crippen molar-refractivity contribution in [3.05, 3.63) is 182 Å². The van der Waals surface area contributed by atoms with Crippen molar-refractivity contribution in [1.29, 1.82) is 0 Å². The highest BCUT2D eigenvalue weighted by Crippen LogP contribution is 2.02. The summed E-state index contributed by atoms with van der Waals surface area (Å²) in [6.07, 6.45) is 77.4. The fourth-order valence-corrected chi connectivity index (χ4v) is 5.19. The Balaban J connectivity index is -0.000000932. The topological polar surface area (TPSA) is 149 Å². The summed E-state index contributed by atoms with van der Waals surface area (Å²) in [6.45, 7) is 6.26. The molecule has 0 aromatic carbocycles. The molecule has 0 amide bonds. The standard InChI is InChI=1S/C20H30O3.C20H28O3.C20H30O2/c2*1-2-3-13-16-19(21)17-14-11-9-7-5-4-6-8-10-12-15-18-20(22)23;1-2-3-4-5-6-7-8-9-10-11-12-13-14-15-16-17-18-19-20(21)22/h3-5,8-11,13-14,17,19,21H,2,6-7,12,15-16,18H2,1H3,(H,22,23);3-5,8-11,13-14,17H,2,6-7,12,15-16,18H2,1H3,(H,22,23);3-4,6-7,9-10,12-13,15-16H,2,5,8,11,14,17-19H2,1H3,(H,21,22)/b2*5-4-,10-8-,11-9-,13-3-,17-14+;4-3-,7-6-,10-9-,13-12-,16-15-/t19-;;/m0../s1. The molecule has 0 radical (unpaired) electrons. The number of rotatable bonds is 39. The van der Waals surface area contributed by atoms with Crippen molar-refractivity contribution in [2.75, 3.05) is 0 Å². The maximum Gasteiger partial charge on any atom is 0.303 e. The van der Waals surface area contributed by atoms with Crippen molar-refractivity contribution in [3.8, 4) is 0 Å². The Morgan fingerprint density at radius 3 is 1.04 bits per heavy atom. The van der Waals surface area contributed by atoms with E-state index in [1.54, 1.807) is 18.2 Å². The van der Waals surface area contributed by atoms with Crippen LogP contribution in [0.2, 0.25) is 0 Å². The molecule has 0 saturated carbocycles. The van der Waals surface area contributed by atoms with Gasteiger partial charge >= 0.3 is 17.9 Å². The molecular formula is C60H88O8. The van der Waals surface area contributed by atoms with Crippen LogP contribution in [0, 0.1) is 0 Å². The number of hydrogen-bond acceptors (Lipinski definition) is 5. The molecule has 0 aromatic rings. The number of carboxylic acid groups (broad SMARTS) is 3. The lowest BCUT2D eigenvalue weighted by atomic mass is 10.2. The monoisotopic (exact) mass is 937 g/mol. The van der Waals surface area contributed by atoms with E-state index in [-0.39, 0.29) is 25.0 Å². The predicted octanol–water partition coefficient (Wildman–Crippen LogP) is 16.1. The van der Waals surface area contributed by atoms with Gasteiger partial charge in [-0.25, -0.2) is 0 Å². The number of unbranched alkanes of at least 4 members (excludes halogenated alkanes) is 3. The summed E-state index contributed by atoms with van der Waals surface area (Å²) in [5.74, 6) is -2.07. The molecule has 0 unspecified atom stereocenters. The molecule has 0 aromatic heterocycles. The zero-order valence-electron chi connectivity index (χ0n) is 41.9. The summed E-state index contributed by atoms with van der Waals surface area (Å²) >= 11 is 0. The number of carbonyl (C=O) groups excluding carboxylic acids is 1. The van der Waals surface area contributed by atoms with E-state index in [1.165, 1.54) is 0 Å². The second-order valence-electron chi connectivity index (χ2n) is 15.2. The molecule has 0 aliphatic heterocycles. The molecule has 4 N–H and O–H groups in total. The Hall–Kier alpha value is -5.86. The minimum atomic E-state index is -0.738. The summed E-state index contributed by atoms with van der Waals surface area (Å²) in [4.78, 5) is 42.3. The third-order valence-corrected chi connectivity index (χ3v) is 8.81. The van der Waals surface area contributed by atoms with E-state index in [4.69, 9.17) is 15.3 Å². The van der Waals surface area contributed by atoms with E-state index < -0.39 is 24.0 Å². The van der Waals surface area contributed by atoms with Crippen LogP contribution >= 0.6 is 0 Å². The third kappa shape index (κ3) is 69.2. The van der Waals surface area contributed by atoms with Crippen molar-refractivity contribution in [3.63, 3.8) is 0 Å². The second-order valence-corrected chi connectivity index (χ2v) is 15.2. The number of ketones is 1. The largest absolute Gasteiger partial charge is 0.481 e. The van der Waals surface area contributed by atoms with Crippen LogP contribution in [0.1, 0.15) is 162 Å². The van der Waals surface area contributed by atoms with Crippen LogP contribution in [0.4, 0.5) is 0 Å². The predicted molar refractivity (Wildman–Crippen MR) is 290 cm³/mol. The smallest absolute Gasteiger partial charge is 0.303 e. The van der Waals surface area contributed by atoms with Gasteiger partial charge in [0.1, 0.15) is 0 Å². The first-order chi connectivity index (χ1) is 33.1. The molecule has 1 atom stereocenters. The van der Waals surface area contributed by atoms with Gasteiger partial charge in [0.2, 0.25) is 0 Å². The minimum Gasteiger partial charge on any atom is -0.481 e. The first kappa shape index (κ1) is 66.4. The summed E-state index contributed by atoms with van der Waals surface area (Å²) in [5.41, 5.74) is 0. The first-order valence-electron chi connectivity index (χ1n) is 24.8. The second kappa shape index (κ2) is 59.2. The zero-order valence-corrected chi connectivity index (χ0v) is 41.9. The van der Waals surface area contributed by atoms with Gasteiger partial charge in [0, 0.05) is 25.7 Å². The fourth-order valence-electron chi connectivity index (χ4n) is 5.19. The zero-order chi connectivity index (χ0) is 50.7. The molecular weight excluding hydrogens is 849 g/mol. The molecule has 0 heterocycles. The van der Waals surface area contributed by atoms with E-state index in [0.717, 1.165) is 96.3 Å². The molecule has 8 heteroatoms. The van der Waals surface area contributed by atoms with Crippen LogP contribution in [-0.2, 0) is 19.2 Å². The summed E-state index contributed by atoms with van der Waals surface area (Å²) in [7, 11) is 0. The van der Waals surface area contributed by atoms with E-state index >= 15 is 0 Å². The van der Waals surface area contributed by atoms with E-state index in [1.807, 2.05) is 73.8 Å². The van der Waals surface area contributed by atoms with Crippen LogP contribution in [0.3, 0.4) is 0 Å². The maximum atomic E-state index is 11.4. The molecule has 0 spiro atoms. The van der Waals surface area contributed by atoms with Crippen LogP contribution in [0.5, 0.6) is 0 Å². The Kier molecular flexibility index (Phi) is 57.8. The Morgan fingerprint density at radius 1 is 0.368 bits per heavy atom. The lowest BCUT2D eigenvalue weighted by molar-refractivity contribution is -0.138. The van der Waals surface area contributed by atoms with E-state index in [0.29, 0.717) is 25.7 Å². The molecule has 0 aliphatic rings. The van der Waals surface area contributed by atoms with Gasteiger partial charge in [-0.1, -0.05) is 197 Å². The van der Waals surface area contributed by atoms with Gasteiger partial charge in [-0.05, 0) is 122 Å². The average molecular weight is 937 g/mol. The Labute approximate surface area is 412 Å². The number of carboxylic acids is 3. The van der Waals surface area contributed by atoms with Crippen LogP contribution in [0.15, 0.2) is 182 Å². The fraction of sp³-hybridized carbons (Fsp3) is 0.433. The molecule has 0 bridgehead atoms. The summed E-state index contributed by atoms with van der Waals surface area (Å²) < 4.78 is 0. The Morgan fingerprint density at radius 2 is 0.676 bits per heavy atom. The van der Waals surface area contributed by atoms with Gasteiger partial charge in [-0.2, -0.15) is 0 Å². The van der Waals surface area contributed by atoms with Crippen molar-refractivity contribution >= 4 is 23.7 Å². The van der Waals surface area contributed by atoms with Gasteiger partial charge in [-0.15, -0.1) is 0 Å². The minimum absolute atomic E-state index is 0.114. The maximum absolute atomic E-state index is 11.4. The highest BCUT2D eigenvalue weighted by atomic mass is 16.4. The Bertz CT molecular complexity index is 1680. The van der Waals surface area contributed by atoms with Gasteiger partial charge in [0.05, 0.1) is 6.10 Å².